The van der Waals surface area contributed by atoms with Crippen LogP contribution in [-0.2, 0) is 0 Å². The summed E-state index contributed by atoms with van der Waals surface area (Å²) >= 11 is 11.7. The summed E-state index contributed by atoms with van der Waals surface area (Å²) in [4.78, 5) is 4.05. The largest absolute Gasteiger partial charge is 0.338 e. The summed E-state index contributed by atoms with van der Waals surface area (Å²) in [6.07, 6.45) is 1.65. The third kappa shape index (κ3) is 1.15. The Kier molecular flexibility index (Phi) is 1.83. The highest BCUT2D eigenvalue weighted by atomic mass is 35.5. The Labute approximate surface area is 78.7 Å². The van der Waals surface area contributed by atoms with Crippen LogP contribution in [0.25, 0.3) is 0 Å². The smallest absolute Gasteiger partial charge is 0.124 e. The Balaban J connectivity index is 2.54. The van der Waals surface area contributed by atoms with Gasteiger partial charge < -0.3 is 5.32 Å². The van der Waals surface area contributed by atoms with Crippen LogP contribution < -0.4 is 5.32 Å². The molecular formula is C6H5ClN2S2. The zero-order valence-electron chi connectivity index (χ0n) is 5.41. The molecule has 0 fully saturated rings. The monoisotopic (exact) mass is 204 g/mol. The highest BCUT2D eigenvalue weighted by Crippen LogP contribution is 2.41. The lowest BCUT2D eigenvalue weighted by molar-refractivity contribution is 1.05. The molecule has 0 spiro atoms. The highest BCUT2D eigenvalue weighted by molar-refractivity contribution is 7.80. The van der Waals surface area contributed by atoms with Crippen molar-refractivity contribution < 1.29 is 0 Å². The molecule has 11 heavy (non-hydrogen) atoms. The van der Waals surface area contributed by atoms with Crippen LogP contribution in [0.2, 0.25) is 5.02 Å². The fraction of sp³-hybridized carbons (Fsp3) is 0.167. The van der Waals surface area contributed by atoms with Gasteiger partial charge in [-0.15, -0.1) is 24.0 Å². The van der Waals surface area contributed by atoms with Gasteiger partial charge in [0.15, 0.2) is 0 Å². The number of hydrogen-bond acceptors (Lipinski definition) is 4. The average molecular weight is 205 g/mol. The van der Waals surface area contributed by atoms with E-state index in [1.54, 1.807) is 17.7 Å². The van der Waals surface area contributed by atoms with E-state index < -0.39 is 0 Å². The molecule has 0 saturated carbocycles. The van der Waals surface area contributed by atoms with E-state index >= 15 is 0 Å². The molecule has 1 atom stereocenters. The number of thiophene rings is 1. The van der Waals surface area contributed by atoms with Gasteiger partial charge in [0.05, 0.1) is 11.4 Å². The van der Waals surface area contributed by atoms with E-state index in [1.807, 2.05) is 5.38 Å². The van der Waals surface area contributed by atoms with Gasteiger partial charge in [-0.2, -0.15) is 0 Å². The van der Waals surface area contributed by atoms with Crippen molar-refractivity contribution in [3.05, 3.63) is 16.0 Å². The summed E-state index contributed by atoms with van der Waals surface area (Å²) < 4.78 is 0. The van der Waals surface area contributed by atoms with Crippen LogP contribution in [0.3, 0.4) is 0 Å². The molecule has 0 aromatic carbocycles. The van der Waals surface area contributed by atoms with Gasteiger partial charge in [-0.05, 0) is 0 Å². The van der Waals surface area contributed by atoms with Crippen LogP contribution in [0, 0.1) is 0 Å². The van der Waals surface area contributed by atoms with E-state index in [9.17, 15) is 0 Å². The van der Waals surface area contributed by atoms with Crippen LogP contribution in [0.4, 0.5) is 5.00 Å². The Hall–Kier alpha value is -0.190. The van der Waals surface area contributed by atoms with Gasteiger partial charge in [-0.25, -0.2) is 0 Å². The van der Waals surface area contributed by atoms with Crippen LogP contribution >= 0.6 is 35.6 Å². The Bertz CT molecular complexity index is 308. The van der Waals surface area contributed by atoms with E-state index in [0.29, 0.717) is 0 Å². The van der Waals surface area contributed by atoms with Crippen molar-refractivity contribution in [1.29, 1.82) is 0 Å². The summed E-state index contributed by atoms with van der Waals surface area (Å²) in [5.74, 6) is 0. The van der Waals surface area contributed by atoms with Gasteiger partial charge in [-0.3, -0.25) is 4.99 Å². The molecule has 58 valence electrons. The highest BCUT2D eigenvalue weighted by Gasteiger charge is 2.18. The number of halogens is 1. The summed E-state index contributed by atoms with van der Waals surface area (Å²) in [6.45, 7) is 0. The van der Waals surface area contributed by atoms with Crippen molar-refractivity contribution in [3.63, 3.8) is 0 Å². The number of anilines is 1. The maximum atomic E-state index is 5.90. The van der Waals surface area contributed by atoms with Crippen molar-refractivity contribution in [2.24, 2.45) is 4.99 Å². The molecular weight excluding hydrogens is 200 g/mol. The molecule has 0 saturated heterocycles. The van der Waals surface area contributed by atoms with E-state index in [1.165, 1.54) is 0 Å². The van der Waals surface area contributed by atoms with E-state index in [0.717, 1.165) is 15.6 Å². The SMILES string of the molecule is SC1N=CNc2scc(Cl)c21. The van der Waals surface area contributed by atoms with Gasteiger partial charge in [0.1, 0.15) is 10.4 Å². The zero-order valence-corrected chi connectivity index (χ0v) is 7.88. The van der Waals surface area contributed by atoms with Gasteiger partial charge in [0.25, 0.3) is 0 Å². The molecule has 1 aromatic rings. The lowest BCUT2D eigenvalue weighted by atomic mass is 10.3. The second kappa shape index (κ2) is 2.69. The second-order valence-electron chi connectivity index (χ2n) is 2.12. The van der Waals surface area contributed by atoms with Gasteiger partial charge >= 0.3 is 0 Å². The number of rotatable bonds is 0. The number of nitrogens with zero attached hydrogens (tertiary/aromatic N) is 1. The summed E-state index contributed by atoms with van der Waals surface area (Å²) in [7, 11) is 0. The minimum absolute atomic E-state index is 0.106. The Morgan fingerprint density at radius 2 is 2.55 bits per heavy atom. The van der Waals surface area contributed by atoms with Gasteiger partial charge in [-0.1, -0.05) is 11.6 Å². The first-order chi connectivity index (χ1) is 5.29. The molecule has 2 nitrogen and oxygen atoms in total. The molecule has 0 bridgehead atoms. The molecule has 5 heteroatoms. The number of aliphatic imine (C=N–C) groups is 1. The minimum atomic E-state index is -0.106. The lowest BCUT2D eigenvalue weighted by Gasteiger charge is -2.12. The third-order valence-corrected chi connectivity index (χ3v) is 3.21. The van der Waals surface area contributed by atoms with E-state index in [4.69, 9.17) is 11.6 Å². The molecule has 1 aromatic heterocycles. The number of hydrogen-bond donors (Lipinski definition) is 2. The topological polar surface area (TPSA) is 24.4 Å². The van der Waals surface area contributed by atoms with Crippen LogP contribution in [0.15, 0.2) is 10.4 Å². The predicted octanol–water partition coefficient (Wildman–Crippen LogP) is 2.78. The quantitative estimate of drug-likeness (QED) is 0.624. The molecule has 0 radical (unpaired) electrons. The molecule has 0 amide bonds. The van der Waals surface area contributed by atoms with Crippen LogP contribution in [-0.4, -0.2) is 6.34 Å². The van der Waals surface area contributed by atoms with Crippen molar-refractivity contribution >= 4 is 46.9 Å². The van der Waals surface area contributed by atoms with Crippen molar-refractivity contribution in [3.8, 4) is 0 Å². The number of nitrogens with one attached hydrogen (secondary N) is 1. The van der Waals surface area contributed by atoms with E-state index in [-0.39, 0.29) is 5.37 Å². The average Bonchev–Trinajstić information content (AvgIpc) is 2.34. The van der Waals surface area contributed by atoms with Crippen molar-refractivity contribution in [2.45, 2.75) is 5.37 Å². The summed E-state index contributed by atoms with van der Waals surface area (Å²) in [5, 5.41) is 6.58. The predicted molar refractivity (Wildman–Crippen MR) is 53.2 cm³/mol. The normalized spacial score (nSPS) is 21.1. The maximum Gasteiger partial charge on any atom is 0.124 e. The first-order valence-electron chi connectivity index (χ1n) is 3.02. The van der Waals surface area contributed by atoms with Crippen LogP contribution in [0.1, 0.15) is 10.9 Å². The molecule has 1 aliphatic rings. The van der Waals surface area contributed by atoms with Crippen LogP contribution in [0.5, 0.6) is 0 Å². The standard InChI is InChI=1S/C6H5ClN2S2/c7-3-1-11-6-4(3)5(10)8-2-9-6/h1-2,5,10H,(H,8,9). The van der Waals surface area contributed by atoms with Gasteiger partial charge in [0.2, 0.25) is 0 Å². The second-order valence-corrected chi connectivity index (χ2v) is 3.90. The minimum Gasteiger partial charge on any atom is -0.338 e. The number of thiol groups is 1. The lowest BCUT2D eigenvalue weighted by Crippen LogP contribution is -2.03. The van der Waals surface area contributed by atoms with Crippen molar-refractivity contribution in [2.75, 3.05) is 5.32 Å². The molecule has 1 unspecified atom stereocenters. The number of fused-ring (bicyclic) bond motifs is 1. The first kappa shape index (κ1) is 7.46. The zero-order chi connectivity index (χ0) is 7.84. The molecule has 2 heterocycles. The molecule has 2 rings (SSSR count). The third-order valence-electron chi connectivity index (χ3n) is 1.45. The molecule has 1 aliphatic heterocycles. The maximum absolute atomic E-state index is 5.90. The fourth-order valence-electron chi connectivity index (χ4n) is 0.939. The summed E-state index contributed by atoms with van der Waals surface area (Å²) in [5.41, 5.74) is 0.988. The Morgan fingerprint density at radius 3 is 3.27 bits per heavy atom. The molecule has 1 N–H and O–H groups in total. The fourth-order valence-corrected chi connectivity index (χ4v) is 2.64. The summed E-state index contributed by atoms with van der Waals surface area (Å²) in [6, 6.07) is 0. The Morgan fingerprint density at radius 1 is 1.73 bits per heavy atom. The first-order valence-corrected chi connectivity index (χ1v) is 4.79. The van der Waals surface area contributed by atoms with Crippen molar-refractivity contribution in [1.82, 2.24) is 0 Å². The van der Waals surface area contributed by atoms with Gasteiger partial charge in [0, 0.05) is 10.9 Å². The van der Waals surface area contributed by atoms with E-state index in [2.05, 4.69) is 22.9 Å². The molecule has 0 aliphatic carbocycles.